The number of rotatable bonds is 7. The van der Waals surface area contributed by atoms with Crippen molar-refractivity contribution in [3.05, 3.63) is 29.8 Å². The van der Waals surface area contributed by atoms with Gasteiger partial charge in [0, 0.05) is 12.5 Å². The lowest BCUT2D eigenvalue weighted by molar-refractivity contribution is 0.167. The molecular formula is C17H27NO. The molecule has 1 aromatic carbocycles. The first-order chi connectivity index (χ1) is 9.20. The first-order valence-corrected chi connectivity index (χ1v) is 7.68. The summed E-state index contributed by atoms with van der Waals surface area (Å²) < 4.78 is 6.14. The summed E-state index contributed by atoms with van der Waals surface area (Å²) in [6, 6.07) is 8.93. The molecule has 0 fully saturated rings. The topological polar surface area (TPSA) is 21.3 Å². The molecule has 0 aromatic heterocycles. The van der Waals surface area contributed by atoms with E-state index in [4.69, 9.17) is 4.74 Å². The molecule has 1 aromatic rings. The SMILES string of the molecule is CCCNC(CCC(C)C)C1Cc2ccccc2O1. The van der Waals surface area contributed by atoms with Crippen LogP contribution in [0.5, 0.6) is 5.75 Å². The normalized spacial score (nSPS) is 19.3. The maximum atomic E-state index is 6.14. The minimum absolute atomic E-state index is 0.308. The summed E-state index contributed by atoms with van der Waals surface area (Å²) >= 11 is 0. The van der Waals surface area contributed by atoms with Gasteiger partial charge in [0.1, 0.15) is 11.9 Å². The summed E-state index contributed by atoms with van der Waals surface area (Å²) in [6.45, 7) is 7.89. The molecule has 0 bridgehead atoms. The van der Waals surface area contributed by atoms with Crippen LogP contribution in [0.2, 0.25) is 0 Å². The summed E-state index contributed by atoms with van der Waals surface area (Å²) in [6.07, 6.45) is 5.00. The first-order valence-electron chi connectivity index (χ1n) is 7.68. The van der Waals surface area contributed by atoms with Crippen molar-refractivity contribution in [2.45, 2.75) is 58.6 Å². The third kappa shape index (κ3) is 3.97. The van der Waals surface area contributed by atoms with Gasteiger partial charge in [-0.05, 0) is 43.4 Å². The zero-order chi connectivity index (χ0) is 13.7. The largest absolute Gasteiger partial charge is 0.488 e. The van der Waals surface area contributed by atoms with E-state index in [0.717, 1.165) is 24.6 Å². The Balaban J connectivity index is 1.96. The van der Waals surface area contributed by atoms with Crippen LogP contribution in [-0.2, 0) is 6.42 Å². The Morgan fingerprint density at radius 2 is 2.05 bits per heavy atom. The zero-order valence-corrected chi connectivity index (χ0v) is 12.5. The minimum Gasteiger partial charge on any atom is -0.488 e. The number of para-hydroxylation sites is 1. The molecule has 0 radical (unpaired) electrons. The Hall–Kier alpha value is -1.02. The van der Waals surface area contributed by atoms with Crippen molar-refractivity contribution >= 4 is 0 Å². The second-order valence-corrected chi connectivity index (χ2v) is 6.00. The molecule has 1 heterocycles. The molecular weight excluding hydrogens is 234 g/mol. The van der Waals surface area contributed by atoms with Crippen molar-refractivity contribution in [3.63, 3.8) is 0 Å². The highest BCUT2D eigenvalue weighted by molar-refractivity contribution is 5.37. The molecule has 1 N–H and O–H groups in total. The fourth-order valence-corrected chi connectivity index (χ4v) is 2.70. The van der Waals surface area contributed by atoms with E-state index in [1.165, 1.54) is 24.8 Å². The van der Waals surface area contributed by atoms with E-state index >= 15 is 0 Å². The molecule has 0 saturated heterocycles. The quantitative estimate of drug-likeness (QED) is 0.806. The average molecular weight is 261 g/mol. The number of nitrogens with one attached hydrogen (secondary N) is 1. The van der Waals surface area contributed by atoms with E-state index in [1.807, 2.05) is 0 Å². The van der Waals surface area contributed by atoms with E-state index in [-0.39, 0.29) is 0 Å². The monoisotopic (exact) mass is 261 g/mol. The van der Waals surface area contributed by atoms with Crippen LogP contribution in [-0.4, -0.2) is 18.7 Å². The van der Waals surface area contributed by atoms with Gasteiger partial charge < -0.3 is 10.1 Å². The van der Waals surface area contributed by atoms with Crippen molar-refractivity contribution in [3.8, 4) is 5.75 Å². The second kappa shape index (κ2) is 6.95. The van der Waals surface area contributed by atoms with E-state index in [0.29, 0.717) is 12.1 Å². The predicted molar refractivity (Wildman–Crippen MR) is 80.7 cm³/mol. The first kappa shape index (κ1) is 14.4. The van der Waals surface area contributed by atoms with Crippen LogP contribution < -0.4 is 10.1 Å². The van der Waals surface area contributed by atoms with Crippen LogP contribution in [0.4, 0.5) is 0 Å². The number of ether oxygens (including phenoxy) is 1. The second-order valence-electron chi connectivity index (χ2n) is 6.00. The number of hydrogen-bond acceptors (Lipinski definition) is 2. The van der Waals surface area contributed by atoms with Gasteiger partial charge in [0.2, 0.25) is 0 Å². The van der Waals surface area contributed by atoms with Gasteiger partial charge in [-0.25, -0.2) is 0 Å². The third-order valence-electron chi connectivity index (χ3n) is 3.83. The highest BCUT2D eigenvalue weighted by Crippen LogP contribution is 2.30. The van der Waals surface area contributed by atoms with Crippen LogP contribution in [0.1, 0.15) is 45.6 Å². The molecule has 2 rings (SSSR count). The van der Waals surface area contributed by atoms with Crippen molar-refractivity contribution in [2.24, 2.45) is 5.92 Å². The predicted octanol–water partition coefficient (Wildman–Crippen LogP) is 3.79. The van der Waals surface area contributed by atoms with Gasteiger partial charge in [0.15, 0.2) is 0 Å². The Kier molecular flexibility index (Phi) is 5.26. The van der Waals surface area contributed by atoms with Crippen LogP contribution in [0.3, 0.4) is 0 Å². The fourth-order valence-electron chi connectivity index (χ4n) is 2.70. The molecule has 2 atom stereocenters. The van der Waals surface area contributed by atoms with Gasteiger partial charge in [-0.2, -0.15) is 0 Å². The lowest BCUT2D eigenvalue weighted by Gasteiger charge is -2.25. The molecule has 1 aliphatic heterocycles. The maximum Gasteiger partial charge on any atom is 0.123 e. The van der Waals surface area contributed by atoms with Gasteiger partial charge in [-0.3, -0.25) is 0 Å². The van der Waals surface area contributed by atoms with Crippen molar-refractivity contribution < 1.29 is 4.74 Å². The van der Waals surface area contributed by atoms with Crippen molar-refractivity contribution in [2.75, 3.05) is 6.54 Å². The average Bonchev–Trinajstić information content (AvgIpc) is 2.82. The molecule has 2 heteroatoms. The van der Waals surface area contributed by atoms with Crippen LogP contribution in [0, 0.1) is 5.92 Å². The number of benzene rings is 1. The Labute approximate surface area is 117 Å². The van der Waals surface area contributed by atoms with E-state index in [1.54, 1.807) is 0 Å². The van der Waals surface area contributed by atoms with E-state index < -0.39 is 0 Å². The van der Waals surface area contributed by atoms with Gasteiger partial charge in [-0.15, -0.1) is 0 Å². The highest BCUT2D eigenvalue weighted by Gasteiger charge is 2.29. The Morgan fingerprint density at radius 3 is 2.74 bits per heavy atom. The summed E-state index contributed by atoms with van der Waals surface area (Å²) in [5.74, 6) is 1.84. The maximum absolute atomic E-state index is 6.14. The van der Waals surface area contributed by atoms with Crippen molar-refractivity contribution in [1.29, 1.82) is 0 Å². The van der Waals surface area contributed by atoms with Gasteiger partial charge in [-0.1, -0.05) is 39.0 Å². The highest BCUT2D eigenvalue weighted by atomic mass is 16.5. The molecule has 0 spiro atoms. The smallest absolute Gasteiger partial charge is 0.123 e. The number of fused-ring (bicyclic) bond motifs is 1. The molecule has 2 unspecified atom stereocenters. The molecule has 0 amide bonds. The zero-order valence-electron chi connectivity index (χ0n) is 12.5. The summed E-state index contributed by atoms with van der Waals surface area (Å²) in [5.41, 5.74) is 1.36. The summed E-state index contributed by atoms with van der Waals surface area (Å²) in [4.78, 5) is 0. The Morgan fingerprint density at radius 1 is 1.26 bits per heavy atom. The minimum atomic E-state index is 0.308. The van der Waals surface area contributed by atoms with Gasteiger partial charge in [0.05, 0.1) is 0 Å². The molecule has 0 saturated carbocycles. The van der Waals surface area contributed by atoms with Gasteiger partial charge in [0.25, 0.3) is 0 Å². The van der Waals surface area contributed by atoms with E-state index in [2.05, 4.69) is 50.4 Å². The van der Waals surface area contributed by atoms with Gasteiger partial charge >= 0.3 is 0 Å². The van der Waals surface area contributed by atoms with Crippen LogP contribution in [0.25, 0.3) is 0 Å². The Bertz CT molecular complexity index is 364. The van der Waals surface area contributed by atoms with Crippen LogP contribution >= 0.6 is 0 Å². The molecule has 0 aliphatic carbocycles. The van der Waals surface area contributed by atoms with E-state index in [9.17, 15) is 0 Å². The molecule has 106 valence electrons. The molecule has 1 aliphatic rings. The third-order valence-corrected chi connectivity index (χ3v) is 3.83. The van der Waals surface area contributed by atoms with Crippen molar-refractivity contribution in [1.82, 2.24) is 5.32 Å². The number of hydrogen-bond donors (Lipinski definition) is 1. The summed E-state index contributed by atoms with van der Waals surface area (Å²) in [5, 5.41) is 3.68. The lowest BCUT2D eigenvalue weighted by atomic mass is 9.96. The molecule has 2 nitrogen and oxygen atoms in total. The standard InChI is InChI=1S/C17H27NO/c1-4-11-18-15(10-9-13(2)3)17-12-14-7-5-6-8-16(14)19-17/h5-8,13,15,17-18H,4,9-12H2,1-3H3. The van der Waals surface area contributed by atoms with Crippen LogP contribution in [0.15, 0.2) is 24.3 Å². The summed E-state index contributed by atoms with van der Waals surface area (Å²) in [7, 11) is 0. The fraction of sp³-hybridized carbons (Fsp3) is 0.647. The molecule has 19 heavy (non-hydrogen) atoms. The lowest BCUT2D eigenvalue weighted by Crippen LogP contribution is -2.43.